The number of ether oxygens (including phenoxy) is 1. The third-order valence-electron chi connectivity index (χ3n) is 4.08. The first-order valence-electron chi connectivity index (χ1n) is 7.92. The summed E-state index contributed by atoms with van der Waals surface area (Å²) in [7, 11) is 2.09. The molecule has 21 heavy (non-hydrogen) atoms. The highest BCUT2D eigenvalue weighted by Crippen LogP contribution is 2.27. The normalized spacial score (nSPS) is 21.7. The number of amides is 1. The molecule has 1 N–H and O–H groups in total. The molecule has 0 saturated carbocycles. The molecule has 0 radical (unpaired) electrons. The summed E-state index contributed by atoms with van der Waals surface area (Å²) >= 11 is 0. The molecular formula is C16H30N2O3. The third kappa shape index (κ3) is 5.30. The Kier molecular flexibility index (Phi) is 6.65. The van der Waals surface area contributed by atoms with Gasteiger partial charge in [-0.3, -0.25) is 9.59 Å². The van der Waals surface area contributed by atoms with Crippen molar-refractivity contribution in [3.05, 3.63) is 0 Å². The summed E-state index contributed by atoms with van der Waals surface area (Å²) in [6, 6.07) is 0.366. The maximum atomic E-state index is 12.4. The van der Waals surface area contributed by atoms with E-state index in [2.05, 4.69) is 17.3 Å². The second kappa shape index (κ2) is 7.78. The van der Waals surface area contributed by atoms with Gasteiger partial charge in [0.1, 0.15) is 5.92 Å². The third-order valence-corrected chi connectivity index (χ3v) is 4.08. The Morgan fingerprint density at radius 2 is 2.00 bits per heavy atom. The predicted molar refractivity (Wildman–Crippen MR) is 82.9 cm³/mol. The van der Waals surface area contributed by atoms with E-state index in [0.717, 1.165) is 13.0 Å². The summed E-state index contributed by atoms with van der Waals surface area (Å²) < 4.78 is 5.05. The van der Waals surface area contributed by atoms with Crippen LogP contribution < -0.4 is 5.32 Å². The van der Waals surface area contributed by atoms with Crippen LogP contribution in [0.2, 0.25) is 0 Å². The predicted octanol–water partition coefficient (Wildman–Crippen LogP) is 1.81. The largest absolute Gasteiger partial charge is 0.465 e. The monoisotopic (exact) mass is 298 g/mol. The lowest BCUT2D eigenvalue weighted by Crippen LogP contribution is -2.49. The lowest BCUT2D eigenvalue weighted by Gasteiger charge is -2.33. The van der Waals surface area contributed by atoms with E-state index in [9.17, 15) is 9.59 Å². The molecule has 0 aromatic carbocycles. The molecule has 2 atom stereocenters. The number of hydrogen-bond acceptors (Lipinski definition) is 4. The summed E-state index contributed by atoms with van der Waals surface area (Å²) in [5.41, 5.74) is -0.450. The van der Waals surface area contributed by atoms with E-state index >= 15 is 0 Å². The van der Waals surface area contributed by atoms with Gasteiger partial charge in [0, 0.05) is 12.6 Å². The van der Waals surface area contributed by atoms with Crippen molar-refractivity contribution in [1.82, 2.24) is 10.2 Å². The van der Waals surface area contributed by atoms with Crippen LogP contribution in [0.25, 0.3) is 0 Å². The summed E-state index contributed by atoms with van der Waals surface area (Å²) in [6.07, 6.45) is 3.51. The highest BCUT2D eigenvalue weighted by atomic mass is 16.5. The Balaban J connectivity index is 2.62. The molecule has 0 bridgehead atoms. The van der Waals surface area contributed by atoms with Gasteiger partial charge in [0.2, 0.25) is 5.91 Å². The van der Waals surface area contributed by atoms with E-state index in [1.165, 1.54) is 12.8 Å². The molecule has 1 aliphatic rings. The topological polar surface area (TPSA) is 58.6 Å². The molecule has 0 aromatic rings. The van der Waals surface area contributed by atoms with E-state index in [4.69, 9.17) is 4.74 Å². The molecule has 5 nitrogen and oxygen atoms in total. The SMILES string of the molecule is CCOC(=O)C(C(=O)NCC1CCCCN1C)C(C)(C)C. The van der Waals surface area contributed by atoms with Crippen molar-refractivity contribution in [3.8, 4) is 0 Å². The number of carbonyl (C=O) groups excluding carboxylic acids is 2. The average molecular weight is 298 g/mol. The number of esters is 1. The van der Waals surface area contributed by atoms with Gasteiger partial charge in [-0.15, -0.1) is 0 Å². The van der Waals surface area contributed by atoms with Crippen molar-refractivity contribution in [2.24, 2.45) is 11.3 Å². The van der Waals surface area contributed by atoms with Gasteiger partial charge in [-0.2, -0.15) is 0 Å². The molecule has 1 rings (SSSR count). The Morgan fingerprint density at radius 3 is 2.52 bits per heavy atom. The molecule has 0 aromatic heterocycles. The molecule has 2 unspecified atom stereocenters. The fourth-order valence-corrected chi connectivity index (χ4v) is 2.80. The van der Waals surface area contributed by atoms with Crippen molar-refractivity contribution in [3.63, 3.8) is 0 Å². The van der Waals surface area contributed by atoms with E-state index in [-0.39, 0.29) is 5.91 Å². The fourth-order valence-electron chi connectivity index (χ4n) is 2.80. The second-order valence-corrected chi connectivity index (χ2v) is 6.93. The van der Waals surface area contributed by atoms with Gasteiger partial charge < -0.3 is 15.0 Å². The molecule has 0 spiro atoms. The minimum Gasteiger partial charge on any atom is -0.465 e. The molecular weight excluding hydrogens is 268 g/mol. The molecule has 1 amide bonds. The number of piperidine rings is 1. The first-order chi connectivity index (χ1) is 9.77. The number of likely N-dealkylation sites (tertiary alicyclic amines) is 1. The van der Waals surface area contributed by atoms with Crippen molar-refractivity contribution in [2.45, 2.75) is 53.0 Å². The van der Waals surface area contributed by atoms with Gasteiger partial charge in [0.25, 0.3) is 0 Å². The van der Waals surface area contributed by atoms with E-state index < -0.39 is 17.3 Å². The number of likely N-dealkylation sites (N-methyl/N-ethyl adjacent to an activating group) is 1. The van der Waals surface area contributed by atoms with E-state index in [1.807, 2.05) is 20.8 Å². The second-order valence-electron chi connectivity index (χ2n) is 6.93. The summed E-state index contributed by atoms with van der Waals surface area (Å²) in [6.45, 7) is 9.39. The van der Waals surface area contributed by atoms with Crippen LogP contribution in [0.5, 0.6) is 0 Å². The minimum absolute atomic E-state index is 0.222. The first kappa shape index (κ1) is 18.0. The van der Waals surface area contributed by atoms with Crippen LogP contribution in [0.3, 0.4) is 0 Å². The van der Waals surface area contributed by atoms with E-state index in [0.29, 0.717) is 19.2 Å². The quantitative estimate of drug-likeness (QED) is 0.621. The van der Waals surface area contributed by atoms with Crippen molar-refractivity contribution in [2.75, 3.05) is 26.7 Å². The zero-order valence-electron chi connectivity index (χ0n) is 14.1. The average Bonchev–Trinajstić information content (AvgIpc) is 2.36. The molecule has 122 valence electrons. The highest BCUT2D eigenvalue weighted by molar-refractivity contribution is 5.98. The Hall–Kier alpha value is -1.10. The number of rotatable bonds is 5. The zero-order valence-corrected chi connectivity index (χ0v) is 14.1. The van der Waals surface area contributed by atoms with Gasteiger partial charge in [0.15, 0.2) is 0 Å². The molecule has 1 fully saturated rings. The van der Waals surface area contributed by atoms with Crippen molar-refractivity contribution >= 4 is 11.9 Å². The summed E-state index contributed by atoms with van der Waals surface area (Å²) in [5.74, 6) is -1.41. The summed E-state index contributed by atoms with van der Waals surface area (Å²) in [5, 5.41) is 2.95. The van der Waals surface area contributed by atoms with Gasteiger partial charge >= 0.3 is 5.97 Å². The van der Waals surface area contributed by atoms with Crippen LogP contribution in [-0.2, 0) is 14.3 Å². The molecule has 1 aliphatic heterocycles. The molecule has 0 aliphatic carbocycles. The molecule has 5 heteroatoms. The zero-order chi connectivity index (χ0) is 16.0. The summed E-state index contributed by atoms with van der Waals surface area (Å²) in [4.78, 5) is 26.8. The Labute approximate surface area is 128 Å². The number of carbonyl (C=O) groups is 2. The van der Waals surface area contributed by atoms with Gasteiger partial charge in [-0.05, 0) is 38.8 Å². The minimum atomic E-state index is -0.758. The van der Waals surface area contributed by atoms with Crippen LogP contribution in [0.4, 0.5) is 0 Å². The van der Waals surface area contributed by atoms with Gasteiger partial charge in [0.05, 0.1) is 6.61 Å². The smallest absolute Gasteiger partial charge is 0.319 e. The maximum absolute atomic E-state index is 12.4. The Bertz CT molecular complexity index is 363. The standard InChI is InChI=1S/C16H30N2O3/c1-6-21-15(20)13(16(2,3)4)14(19)17-11-12-9-7-8-10-18(12)5/h12-13H,6-11H2,1-5H3,(H,17,19). The Morgan fingerprint density at radius 1 is 1.33 bits per heavy atom. The van der Waals surface area contributed by atoms with Gasteiger partial charge in [-0.1, -0.05) is 27.2 Å². The molecule has 1 heterocycles. The van der Waals surface area contributed by atoms with Crippen LogP contribution in [0, 0.1) is 11.3 Å². The fraction of sp³-hybridized carbons (Fsp3) is 0.875. The highest BCUT2D eigenvalue weighted by Gasteiger charge is 2.39. The molecule has 1 saturated heterocycles. The van der Waals surface area contributed by atoms with Crippen LogP contribution in [0.1, 0.15) is 47.0 Å². The number of nitrogens with one attached hydrogen (secondary N) is 1. The number of hydrogen-bond donors (Lipinski definition) is 1. The van der Waals surface area contributed by atoms with Crippen LogP contribution in [0.15, 0.2) is 0 Å². The first-order valence-corrected chi connectivity index (χ1v) is 7.92. The lowest BCUT2D eigenvalue weighted by molar-refractivity contribution is -0.156. The maximum Gasteiger partial charge on any atom is 0.319 e. The van der Waals surface area contributed by atoms with Crippen LogP contribution in [-0.4, -0.2) is 49.6 Å². The van der Waals surface area contributed by atoms with Crippen LogP contribution >= 0.6 is 0 Å². The van der Waals surface area contributed by atoms with Gasteiger partial charge in [-0.25, -0.2) is 0 Å². The lowest BCUT2D eigenvalue weighted by atomic mass is 9.80. The van der Waals surface area contributed by atoms with Crippen molar-refractivity contribution < 1.29 is 14.3 Å². The van der Waals surface area contributed by atoms with Crippen molar-refractivity contribution in [1.29, 1.82) is 0 Å². The number of nitrogens with zero attached hydrogens (tertiary/aromatic N) is 1. The van der Waals surface area contributed by atoms with E-state index in [1.54, 1.807) is 6.92 Å².